The monoisotopic (exact) mass is 457 g/mol. The van der Waals surface area contributed by atoms with E-state index in [0.29, 0.717) is 34.8 Å². The standard InChI is InChI=1S/C26H24ClN5O/c1-17(31(2)16-24-28-21-11-7-6-10-20(21)26(33)30-24)25-29-22-14-19(27)12-13-23(22)32(25)15-18-8-4-3-5-9-18/h3-14,17H,15-16H2,1-2H3,(H,28,30,33). The molecule has 7 heteroatoms. The summed E-state index contributed by atoms with van der Waals surface area (Å²) in [7, 11) is 2.01. The van der Waals surface area contributed by atoms with Crippen molar-refractivity contribution in [1.82, 2.24) is 24.4 Å². The van der Waals surface area contributed by atoms with Gasteiger partial charge in [-0.25, -0.2) is 9.97 Å². The highest BCUT2D eigenvalue weighted by atomic mass is 35.5. The van der Waals surface area contributed by atoms with Gasteiger partial charge in [0.15, 0.2) is 0 Å². The average Bonchev–Trinajstić information content (AvgIpc) is 3.16. The van der Waals surface area contributed by atoms with Crippen LogP contribution in [0, 0.1) is 0 Å². The number of H-pyrrole nitrogens is 1. The average molecular weight is 458 g/mol. The van der Waals surface area contributed by atoms with Crippen LogP contribution in [0.3, 0.4) is 0 Å². The Labute approximate surface area is 196 Å². The van der Waals surface area contributed by atoms with E-state index in [2.05, 4.69) is 38.5 Å². The number of nitrogens with one attached hydrogen (secondary N) is 1. The van der Waals surface area contributed by atoms with Crippen LogP contribution in [0.5, 0.6) is 0 Å². The maximum absolute atomic E-state index is 12.5. The second-order valence-corrected chi connectivity index (χ2v) is 8.73. The minimum atomic E-state index is -0.123. The SMILES string of the molecule is CC(c1nc2cc(Cl)ccc2n1Cc1ccccc1)N(C)Cc1nc2ccccc2c(=O)[nH]1. The molecular formula is C26H24ClN5O. The van der Waals surface area contributed by atoms with E-state index >= 15 is 0 Å². The highest BCUT2D eigenvalue weighted by Gasteiger charge is 2.21. The number of rotatable bonds is 6. The van der Waals surface area contributed by atoms with Gasteiger partial charge in [0.05, 0.1) is 34.5 Å². The van der Waals surface area contributed by atoms with E-state index in [0.717, 1.165) is 16.9 Å². The largest absolute Gasteiger partial charge is 0.322 e. The number of aromatic nitrogens is 4. The molecule has 0 spiro atoms. The molecule has 0 amide bonds. The molecule has 0 radical (unpaired) electrons. The minimum absolute atomic E-state index is 0.0309. The maximum atomic E-state index is 12.5. The van der Waals surface area contributed by atoms with Crippen LogP contribution in [0.4, 0.5) is 0 Å². The number of halogens is 1. The van der Waals surface area contributed by atoms with Crippen molar-refractivity contribution in [1.29, 1.82) is 0 Å². The topological polar surface area (TPSA) is 66.8 Å². The van der Waals surface area contributed by atoms with Crippen molar-refractivity contribution in [2.24, 2.45) is 0 Å². The first kappa shape index (κ1) is 21.4. The quantitative estimate of drug-likeness (QED) is 0.382. The molecule has 5 aromatic rings. The van der Waals surface area contributed by atoms with E-state index in [9.17, 15) is 4.79 Å². The number of imidazole rings is 1. The number of hydrogen-bond donors (Lipinski definition) is 1. The van der Waals surface area contributed by atoms with Crippen LogP contribution < -0.4 is 5.56 Å². The molecule has 0 aliphatic carbocycles. The number of nitrogens with zero attached hydrogens (tertiary/aromatic N) is 4. The van der Waals surface area contributed by atoms with E-state index in [1.807, 2.05) is 61.6 Å². The van der Waals surface area contributed by atoms with Gasteiger partial charge in [0.1, 0.15) is 11.6 Å². The first-order valence-electron chi connectivity index (χ1n) is 10.9. The lowest BCUT2D eigenvalue weighted by Crippen LogP contribution is -2.27. The van der Waals surface area contributed by atoms with Crippen molar-refractivity contribution in [2.75, 3.05) is 7.05 Å². The predicted molar refractivity (Wildman–Crippen MR) is 133 cm³/mol. The molecule has 6 nitrogen and oxygen atoms in total. The van der Waals surface area contributed by atoms with Gasteiger partial charge in [0.2, 0.25) is 0 Å². The second kappa shape index (κ2) is 8.81. The molecule has 3 aromatic carbocycles. The van der Waals surface area contributed by atoms with Gasteiger partial charge in [-0.2, -0.15) is 0 Å². The van der Waals surface area contributed by atoms with Crippen molar-refractivity contribution in [3.8, 4) is 0 Å². The van der Waals surface area contributed by atoms with Crippen LogP contribution in [-0.4, -0.2) is 31.5 Å². The van der Waals surface area contributed by atoms with Crippen molar-refractivity contribution in [3.05, 3.63) is 105 Å². The molecule has 33 heavy (non-hydrogen) atoms. The van der Waals surface area contributed by atoms with Gasteiger partial charge in [-0.1, -0.05) is 54.1 Å². The van der Waals surface area contributed by atoms with Gasteiger partial charge >= 0.3 is 0 Å². The number of para-hydroxylation sites is 1. The lowest BCUT2D eigenvalue weighted by Gasteiger charge is -2.25. The van der Waals surface area contributed by atoms with Crippen LogP contribution in [0.25, 0.3) is 21.9 Å². The van der Waals surface area contributed by atoms with Gasteiger partial charge in [-0.15, -0.1) is 0 Å². The Bertz CT molecular complexity index is 1490. The first-order valence-corrected chi connectivity index (χ1v) is 11.2. The molecule has 1 atom stereocenters. The van der Waals surface area contributed by atoms with E-state index in [4.69, 9.17) is 16.6 Å². The molecule has 1 unspecified atom stereocenters. The van der Waals surface area contributed by atoms with Crippen molar-refractivity contribution >= 4 is 33.5 Å². The summed E-state index contributed by atoms with van der Waals surface area (Å²) in [5.74, 6) is 1.56. The van der Waals surface area contributed by atoms with Gasteiger partial charge < -0.3 is 9.55 Å². The molecule has 0 aliphatic rings. The molecule has 0 aliphatic heterocycles. The summed E-state index contributed by atoms with van der Waals surface area (Å²) in [4.78, 5) is 27.1. The van der Waals surface area contributed by atoms with Crippen molar-refractivity contribution in [2.45, 2.75) is 26.1 Å². The highest BCUT2D eigenvalue weighted by molar-refractivity contribution is 6.31. The molecule has 166 valence electrons. The summed E-state index contributed by atoms with van der Waals surface area (Å²) >= 11 is 6.25. The first-order chi connectivity index (χ1) is 16.0. The Morgan fingerprint density at radius 3 is 2.58 bits per heavy atom. The molecule has 5 rings (SSSR count). The van der Waals surface area contributed by atoms with Crippen molar-refractivity contribution in [3.63, 3.8) is 0 Å². The zero-order chi connectivity index (χ0) is 22.9. The summed E-state index contributed by atoms with van der Waals surface area (Å²) in [6.45, 7) is 3.30. The van der Waals surface area contributed by atoms with Crippen LogP contribution in [0.2, 0.25) is 5.02 Å². The predicted octanol–water partition coefficient (Wildman–Crippen LogP) is 5.17. The highest BCUT2D eigenvalue weighted by Crippen LogP contribution is 2.27. The summed E-state index contributed by atoms with van der Waals surface area (Å²) in [5, 5.41) is 1.26. The molecular weight excluding hydrogens is 434 g/mol. The Kier molecular flexibility index (Phi) is 5.70. The number of aromatic amines is 1. The van der Waals surface area contributed by atoms with E-state index in [-0.39, 0.29) is 11.6 Å². The Balaban J connectivity index is 1.50. The summed E-state index contributed by atoms with van der Waals surface area (Å²) in [5.41, 5.74) is 3.68. The van der Waals surface area contributed by atoms with Gasteiger partial charge in [0.25, 0.3) is 5.56 Å². The molecule has 2 heterocycles. The minimum Gasteiger partial charge on any atom is -0.322 e. The summed E-state index contributed by atoms with van der Waals surface area (Å²) in [6, 6.07) is 23.5. The third-order valence-corrected chi connectivity index (χ3v) is 6.25. The fourth-order valence-electron chi connectivity index (χ4n) is 4.15. The van der Waals surface area contributed by atoms with Crippen LogP contribution in [0.1, 0.15) is 30.2 Å². The maximum Gasteiger partial charge on any atom is 0.258 e. The lowest BCUT2D eigenvalue weighted by molar-refractivity contribution is 0.234. The van der Waals surface area contributed by atoms with E-state index < -0.39 is 0 Å². The summed E-state index contributed by atoms with van der Waals surface area (Å²) in [6.07, 6.45) is 0. The number of fused-ring (bicyclic) bond motifs is 2. The second-order valence-electron chi connectivity index (χ2n) is 8.30. The molecule has 0 saturated carbocycles. The Hall–Kier alpha value is -3.48. The fraction of sp³-hybridized carbons (Fsp3) is 0.192. The van der Waals surface area contributed by atoms with Gasteiger partial charge in [0, 0.05) is 11.6 Å². The fourth-order valence-corrected chi connectivity index (χ4v) is 4.32. The Morgan fingerprint density at radius 1 is 1.00 bits per heavy atom. The van der Waals surface area contributed by atoms with Crippen LogP contribution in [0.15, 0.2) is 77.6 Å². The van der Waals surface area contributed by atoms with Crippen LogP contribution >= 0.6 is 11.6 Å². The van der Waals surface area contributed by atoms with E-state index in [1.54, 1.807) is 6.07 Å². The van der Waals surface area contributed by atoms with Crippen LogP contribution in [-0.2, 0) is 13.1 Å². The normalized spacial score (nSPS) is 12.6. The number of hydrogen-bond acceptors (Lipinski definition) is 4. The van der Waals surface area contributed by atoms with Gasteiger partial charge in [-0.3, -0.25) is 9.69 Å². The molecule has 0 saturated heterocycles. The third-order valence-electron chi connectivity index (χ3n) is 6.02. The molecule has 1 N–H and O–H groups in total. The number of benzene rings is 3. The third kappa shape index (κ3) is 4.27. The molecule has 2 aromatic heterocycles. The van der Waals surface area contributed by atoms with E-state index in [1.165, 1.54) is 5.56 Å². The van der Waals surface area contributed by atoms with Crippen molar-refractivity contribution < 1.29 is 0 Å². The smallest absolute Gasteiger partial charge is 0.258 e. The zero-order valence-corrected chi connectivity index (χ0v) is 19.3. The lowest BCUT2D eigenvalue weighted by atomic mass is 10.2. The Morgan fingerprint density at radius 2 is 1.76 bits per heavy atom. The van der Waals surface area contributed by atoms with Gasteiger partial charge in [-0.05, 0) is 49.9 Å². The zero-order valence-electron chi connectivity index (χ0n) is 18.5. The molecule has 0 bridgehead atoms. The molecule has 0 fully saturated rings. The summed E-state index contributed by atoms with van der Waals surface area (Å²) < 4.78 is 2.23.